The van der Waals surface area contributed by atoms with E-state index in [2.05, 4.69) is 29.5 Å². The summed E-state index contributed by atoms with van der Waals surface area (Å²) in [6.45, 7) is 5.41. The first kappa shape index (κ1) is 16.2. The molecule has 0 spiro atoms. The van der Waals surface area contributed by atoms with Crippen LogP contribution in [0.15, 0.2) is 23.6 Å². The number of nitrogens with one attached hydrogen (secondary N) is 1. The lowest BCUT2D eigenvalue weighted by Gasteiger charge is -2.17. The third-order valence-corrected chi connectivity index (χ3v) is 4.66. The Morgan fingerprint density at radius 3 is 2.91 bits per heavy atom. The molecule has 1 aliphatic rings. The molecule has 0 saturated heterocycles. The highest BCUT2D eigenvalue weighted by Crippen LogP contribution is 2.36. The molecular weight excluding hydrogens is 312 g/mol. The van der Waals surface area contributed by atoms with Crippen molar-refractivity contribution in [2.45, 2.75) is 32.9 Å². The smallest absolute Gasteiger partial charge is 0.231 e. The van der Waals surface area contributed by atoms with E-state index < -0.39 is 0 Å². The largest absolute Gasteiger partial charge is 0.454 e. The van der Waals surface area contributed by atoms with Gasteiger partial charge in [-0.05, 0) is 30.5 Å². The summed E-state index contributed by atoms with van der Waals surface area (Å²) in [6.07, 6.45) is 0.954. The predicted octanol–water partition coefficient (Wildman–Crippen LogP) is 3.04. The van der Waals surface area contributed by atoms with E-state index in [4.69, 9.17) is 9.47 Å². The van der Waals surface area contributed by atoms with Crippen LogP contribution in [-0.2, 0) is 6.54 Å². The van der Waals surface area contributed by atoms with Crippen molar-refractivity contribution in [3.63, 3.8) is 0 Å². The normalized spacial score (nSPS) is 14.4. The molecule has 0 saturated carbocycles. The van der Waals surface area contributed by atoms with Gasteiger partial charge in [-0.3, -0.25) is 0 Å². The number of thiazole rings is 1. The third kappa shape index (κ3) is 4.02. The number of aliphatic hydroxyl groups excluding tert-OH is 1. The molecule has 1 aliphatic heterocycles. The molecule has 1 aromatic heterocycles. The van der Waals surface area contributed by atoms with E-state index in [1.807, 2.05) is 18.2 Å². The highest BCUT2D eigenvalue weighted by Gasteiger charge is 2.15. The van der Waals surface area contributed by atoms with Crippen LogP contribution >= 0.6 is 11.3 Å². The molecule has 0 fully saturated rings. The van der Waals surface area contributed by atoms with E-state index in [1.54, 1.807) is 11.3 Å². The molecule has 23 heavy (non-hydrogen) atoms. The predicted molar refractivity (Wildman–Crippen MR) is 90.8 cm³/mol. The van der Waals surface area contributed by atoms with Crippen molar-refractivity contribution in [2.75, 3.05) is 13.4 Å². The number of benzene rings is 1. The van der Waals surface area contributed by atoms with Crippen LogP contribution in [0.2, 0.25) is 0 Å². The zero-order valence-electron chi connectivity index (χ0n) is 13.4. The first-order valence-electron chi connectivity index (χ1n) is 7.84. The van der Waals surface area contributed by atoms with Gasteiger partial charge in [-0.15, -0.1) is 11.3 Å². The van der Waals surface area contributed by atoms with E-state index in [1.165, 1.54) is 0 Å². The molecule has 2 aromatic rings. The van der Waals surface area contributed by atoms with Crippen LogP contribution in [0, 0.1) is 5.92 Å². The standard InChI is InChI=1S/C17H22N2O3S/c1-11(2)5-13(8-20)18-7-14-9-23-17(19-14)12-3-4-15-16(6-12)22-10-21-15/h3-4,6,9,11,13,18,20H,5,7-8,10H2,1-2H3. The highest BCUT2D eigenvalue weighted by molar-refractivity contribution is 7.13. The maximum absolute atomic E-state index is 9.42. The molecule has 0 amide bonds. The average Bonchev–Trinajstić information content (AvgIpc) is 3.19. The van der Waals surface area contributed by atoms with Gasteiger partial charge in [-0.25, -0.2) is 4.98 Å². The summed E-state index contributed by atoms with van der Waals surface area (Å²) < 4.78 is 10.7. The number of rotatable bonds is 7. The maximum Gasteiger partial charge on any atom is 0.231 e. The molecule has 0 aliphatic carbocycles. The molecule has 124 valence electrons. The number of ether oxygens (including phenoxy) is 2. The van der Waals surface area contributed by atoms with Crippen molar-refractivity contribution in [1.82, 2.24) is 10.3 Å². The van der Waals surface area contributed by atoms with Crippen LogP contribution in [0.4, 0.5) is 0 Å². The van der Waals surface area contributed by atoms with Crippen LogP contribution in [-0.4, -0.2) is 29.5 Å². The summed E-state index contributed by atoms with van der Waals surface area (Å²) in [5.74, 6) is 2.11. The summed E-state index contributed by atoms with van der Waals surface area (Å²) in [5, 5.41) is 15.8. The van der Waals surface area contributed by atoms with Gasteiger partial charge in [0.05, 0.1) is 12.3 Å². The fourth-order valence-electron chi connectivity index (χ4n) is 2.59. The van der Waals surface area contributed by atoms with Gasteiger partial charge >= 0.3 is 0 Å². The fourth-order valence-corrected chi connectivity index (χ4v) is 3.41. The second-order valence-corrected chi connectivity index (χ2v) is 6.96. The SMILES string of the molecule is CC(C)CC(CO)NCc1csc(-c2ccc3c(c2)OCO3)n1. The number of hydrogen-bond donors (Lipinski definition) is 2. The van der Waals surface area contributed by atoms with Crippen LogP contribution in [0.25, 0.3) is 10.6 Å². The molecule has 5 nitrogen and oxygen atoms in total. The van der Waals surface area contributed by atoms with Crippen molar-refractivity contribution >= 4 is 11.3 Å². The monoisotopic (exact) mass is 334 g/mol. The van der Waals surface area contributed by atoms with Crippen molar-refractivity contribution in [3.8, 4) is 22.1 Å². The van der Waals surface area contributed by atoms with E-state index in [-0.39, 0.29) is 19.4 Å². The molecule has 1 aromatic carbocycles. The molecule has 6 heteroatoms. The van der Waals surface area contributed by atoms with E-state index in [9.17, 15) is 5.11 Å². The van der Waals surface area contributed by atoms with E-state index >= 15 is 0 Å². The zero-order valence-corrected chi connectivity index (χ0v) is 14.2. The minimum atomic E-state index is 0.116. The Bertz CT molecular complexity index is 657. The van der Waals surface area contributed by atoms with Gasteiger partial charge in [0.2, 0.25) is 6.79 Å². The lowest BCUT2D eigenvalue weighted by Crippen LogP contribution is -2.33. The van der Waals surface area contributed by atoms with Gasteiger partial charge in [0.1, 0.15) is 5.01 Å². The lowest BCUT2D eigenvalue weighted by molar-refractivity contribution is 0.174. The number of nitrogens with zero attached hydrogens (tertiary/aromatic N) is 1. The fraction of sp³-hybridized carbons (Fsp3) is 0.471. The summed E-state index contributed by atoms with van der Waals surface area (Å²) in [4.78, 5) is 4.67. The molecule has 0 radical (unpaired) electrons. The molecule has 0 bridgehead atoms. The van der Waals surface area contributed by atoms with Crippen LogP contribution < -0.4 is 14.8 Å². The highest BCUT2D eigenvalue weighted by atomic mass is 32.1. The van der Waals surface area contributed by atoms with Gasteiger partial charge < -0.3 is 19.9 Å². The summed E-state index contributed by atoms with van der Waals surface area (Å²) in [7, 11) is 0. The Balaban J connectivity index is 1.64. The van der Waals surface area contributed by atoms with Crippen molar-refractivity contribution in [2.24, 2.45) is 5.92 Å². The molecular formula is C17H22N2O3S. The van der Waals surface area contributed by atoms with Crippen molar-refractivity contribution in [1.29, 1.82) is 0 Å². The topological polar surface area (TPSA) is 63.6 Å². The van der Waals surface area contributed by atoms with E-state index in [0.29, 0.717) is 12.5 Å². The summed E-state index contributed by atoms with van der Waals surface area (Å²) in [6, 6.07) is 6.00. The molecule has 2 heterocycles. The number of hydrogen-bond acceptors (Lipinski definition) is 6. The third-order valence-electron chi connectivity index (χ3n) is 3.72. The Hall–Kier alpha value is -1.63. The Kier molecular flexibility index (Phi) is 5.15. The number of fused-ring (bicyclic) bond motifs is 1. The van der Waals surface area contributed by atoms with Gasteiger partial charge in [0.25, 0.3) is 0 Å². The Labute approximate surface area is 140 Å². The quantitative estimate of drug-likeness (QED) is 0.815. The van der Waals surface area contributed by atoms with Gasteiger partial charge in [-0.2, -0.15) is 0 Å². The second-order valence-electron chi connectivity index (χ2n) is 6.10. The minimum Gasteiger partial charge on any atom is -0.454 e. The molecule has 2 N–H and O–H groups in total. The van der Waals surface area contributed by atoms with Gasteiger partial charge in [0, 0.05) is 23.5 Å². The van der Waals surface area contributed by atoms with Gasteiger partial charge in [-0.1, -0.05) is 13.8 Å². The zero-order chi connectivity index (χ0) is 16.2. The van der Waals surface area contributed by atoms with Crippen LogP contribution in [0.1, 0.15) is 26.0 Å². The first-order chi connectivity index (χ1) is 11.2. The maximum atomic E-state index is 9.42. The van der Waals surface area contributed by atoms with Crippen LogP contribution in [0.3, 0.4) is 0 Å². The van der Waals surface area contributed by atoms with Crippen molar-refractivity contribution < 1.29 is 14.6 Å². The Morgan fingerprint density at radius 2 is 2.13 bits per heavy atom. The average molecular weight is 334 g/mol. The van der Waals surface area contributed by atoms with Crippen molar-refractivity contribution in [3.05, 3.63) is 29.3 Å². The van der Waals surface area contributed by atoms with Crippen LogP contribution in [0.5, 0.6) is 11.5 Å². The molecule has 3 rings (SSSR count). The number of aromatic nitrogens is 1. The first-order valence-corrected chi connectivity index (χ1v) is 8.72. The lowest BCUT2D eigenvalue weighted by atomic mass is 10.0. The van der Waals surface area contributed by atoms with Gasteiger partial charge in [0.15, 0.2) is 11.5 Å². The number of aliphatic hydroxyl groups is 1. The Morgan fingerprint density at radius 1 is 1.30 bits per heavy atom. The molecule has 1 unspecified atom stereocenters. The van der Waals surface area contributed by atoms with E-state index in [0.717, 1.165) is 34.2 Å². The molecule has 1 atom stereocenters. The summed E-state index contributed by atoms with van der Waals surface area (Å²) in [5.41, 5.74) is 2.02. The second kappa shape index (κ2) is 7.29. The minimum absolute atomic E-state index is 0.116. The summed E-state index contributed by atoms with van der Waals surface area (Å²) >= 11 is 1.61.